The molecule has 3 rings (SSSR count). The molecule has 1 aliphatic rings. The van der Waals surface area contributed by atoms with Crippen molar-refractivity contribution >= 4 is 44.7 Å². The number of carbonyl (C=O) groups is 1. The van der Waals surface area contributed by atoms with Gasteiger partial charge in [-0.15, -0.1) is 11.3 Å². The van der Waals surface area contributed by atoms with Gasteiger partial charge in [-0.3, -0.25) is 5.32 Å². The van der Waals surface area contributed by atoms with E-state index in [1.807, 2.05) is 0 Å². The molecule has 0 saturated heterocycles. The maximum absolute atomic E-state index is 12.9. The number of halogens is 2. The van der Waals surface area contributed by atoms with Crippen molar-refractivity contribution in [1.82, 2.24) is 4.72 Å². The first-order valence-corrected chi connectivity index (χ1v) is 11.0. The molecular formula is C17H18ClFN2O4S2. The van der Waals surface area contributed by atoms with Gasteiger partial charge in [0.1, 0.15) is 16.1 Å². The molecule has 2 atom stereocenters. The number of thiophene rings is 1. The van der Waals surface area contributed by atoms with E-state index in [1.54, 1.807) is 0 Å². The number of hydrogen-bond donors (Lipinski definition) is 2. The normalized spacial score (nSPS) is 20.2. The van der Waals surface area contributed by atoms with Crippen molar-refractivity contribution in [3.8, 4) is 0 Å². The molecule has 1 fully saturated rings. The van der Waals surface area contributed by atoms with Crippen LogP contribution in [0.2, 0.25) is 4.34 Å². The molecule has 0 spiro atoms. The van der Waals surface area contributed by atoms with E-state index in [-0.39, 0.29) is 10.3 Å². The summed E-state index contributed by atoms with van der Waals surface area (Å²) in [5.74, 6) is -0.400. The number of anilines is 1. The smallest absolute Gasteiger partial charge is 0.411 e. The Bertz CT molecular complexity index is 902. The third-order valence-corrected chi connectivity index (χ3v) is 7.37. The first kappa shape index (κ1) is 20.1. The monoisotopic (exact) mass is 432 g/mol. The maximum atomic E-state index is 12.9. The molecule has 1 aromatic heterocycles. The first-order valence-electron chi connectivity index (χ1n) is 8.33. The van der Waals surface area contributed by atoms with Gasteiger partial charge in [0, 0.05) is 18.2 Å². The highest BCUT2D eigenvalue weighted by atomic mass is 35.5. The Kier molecular flexibility index (Phi) is 6.36. The van der Waals surface area contributed by atoms with E-state index >= 15 is 0 Å². The molecule has 2 N–H and O–H groups in total. The Morgan fingerprint density at radius 3 is 2.59 bits per heavy atom. The maximum Gasteiger partial charge on any atom is 0.411 e. The molecule has 1 heterocycles. The zero-order chi connectivity index (χ0) is 19.4. The fourth-order valence-electron chi connectivity index (χ4n) is 2.91. The zero-order valence-corrected chi connectivity index (χ0v) is 16.5. The molecule has 0 radical (unpaired) electrons. The summed E-state index contributed by atoms with van der Waals surface area (Å²) in [4.78, 5) is 12.0. The second kappa shape index (κ2) is 8.55. The number of ether oxygens (including phenoxy) is 1. The summed E-state index contributed by atoms with van der Waals surface area (Å²) in [7, 11) is -3.65. The summed E-state index contributed by atoms with van der Waals surface area (Å²) in [5, 5.41) is 2.53. The van der Waals surface area contributed by atoms with E-state index in [9.17, 15) is 17.6 Å². The van der Waals surface area contributed by atoms with E-state index in [0.717, 1.165) is 17.8 Å². The van der Waals surface area contributed by atoms with Crippen LogP contribution in [0.1, 0.15) is 25.7 Å². The molecular weight excluding hydrogens is 415 g/mol. The van der Waals surface area contributed by atoms with Crippen LogP contribution >= 0.6 is 22.9 Å². The van der Waals surface area contributed by atoms with Crippen LogP contribution < -0.4 is 10.0 Å². The van der Waals surface area contributed by atoms with E-state index in [2.05, 4.69) is 10.0 Å². The summed E-state index contributed by atoms with van der Waals surface area (Å²) in [6.07, 6.45) is 1.37. The van der Waals surface area contributed by atoms with Gasteiger partial charge in [0.25, 0.3) is 0 Å². The highest BCUT2D eigenvalue weighted by molar-refractivity contribution is 7.91. The lowest BCUT2D eigenvalue weighted by molar-refractivity contribution is 0.0793. The minimum absolute atomic E-state index is 0.157. The zero-order valence-electron chi connectivity index (χ0n) is 14.2. The minimum atomic E-state index is -3.65. The molecule has 0 aliphatic heterocycles. The lowest BCUT2D eigenvalue weighted by Crippen LogP contribution is -2.41. The number of carbonyl (C=O) groups excluding carboxylic acids is 1. The predicted octanol–water partition coefficient (Wildman–Crippen LogP) is 4.38. The third-order valence-electron chi connectivity index (χ3n) is 4.13. The molecule has 146 valence electrons. The van der Waals surface area contributed by atoms with Gasteiger partial charge in [-0.1, -0.05) is 11.6 Å². The number of rotatable bonds is 5. The van der Waals surface area contributed by atoms with E-state index in [4.69, 9.17) is 16.3 Å². The second-order valence-electron chi connectivity index (χ2n) is 6.20. The molecule has 27 heavy (non-hydrogen) atoms. The van der Waals surface area contributed by atoms with Crippen LogP contribution in [0, 0.1) is 5.82 Å². The molecule has 2 aromatic rings. The van der Waals surface area contributed by atoms with Gasteiger partial charge < -0.3 is 4.74 Å². The van der Waals surface area contributed by atoms with Gasteiger partial charge in [-0.2, -0.15) is 0 Å². The molecule has 1 aliphatic carbocycles. The number of hydrogen-bond acceptors (Lipinski definition) is 5. The molecule has 1 aromatic carbocycles. The van der Waals surface area contributed by atoms with E-state index < -0.39 is 28.0 Å². The Labute approximate surface area is 165 Å². The third kappa shape index (κ3) is 5.65. The van der Waals surface area contributed by atoms with Crippen LogP contribution in [0.4, 0.5) is 14.9 Å². The molecule has 2 unspecified atom stereocenters. The van der Waals surface area contributed by atoms with Gasteiger partial charge >= 0.3 is 6.09 Å². The number of benzene rings is 1. The van der Waals surface area contributed by atoms with Crippen molar-refractivity contribution in [2.24, 2.45) is 0 Å². The Morgan fingerprint density at radius 1 is 1.19 bits per heavy atom. The second-order valence-corrected chi connectivity index (χ2v) is 9.86. The lowest BCUT2D eigenvalue weighted by atomic mass is 9.94. The topological polar surface area (TPSA) is 84.5 Å². The van der Waals surface area contributed by atoms with E-state index in [1.165, 1.54) is 36.4 Å². The fraction of sp³-hybridized carbons (Fsp3) is 0.353. The first-order chi connectivity index (χ1) is 12.8. The highest BCUT2D eigenvalue weighted by Crippen LogP contribution is 2.28. The largest absolute Gasteiger partial charge is 0.446 e. The molecule has 0 bridgehead atoms. The van der Waals surface area contributed by atoms with Crippen molar-refractivity contribution in [2.75, 3.05) is 5.32 Å². The number of amides is 1. The van der Waals surface area contributed by atoms with Gasteiger partial charge in [0.05, 0.1) is 4.34 Å². The molecule has 1 amide bonds. The summed E-state index contributed by atoms with van der Waals surface area (Å²) in [6, 6.07) is 8.00. The highest BCUT2D eigenvalue weighted by Gasteiger charge is 2.29. The minimum Gasteiger partial charge on any atom is -0.446 e. The number of sulfonamides is 1. The predicted molar refractivity (Wildman–Crippen MR) is 102 cm³/mol. The van der Waals surface area contributed by atoms with Crippen LogP contribution in [-0.4, -0.2) is 26.7 Å². The molecule has 6 nitrogen and oxygen atoms in total. The quantitative estimate of drug-likeness (QED) is 0.734. The van der Waals surface area contributed by atoms with Crippen LogP contribution in [0.25, 0.3) is 0 Å². The van der Waals surface area contributed by atoms with Crippen molar-refractivity contribution in [3.05, 3.63) is 46.6 Å². The molecule has 10 heteroatoms. The van der Waals surface area contributed by atoms with Crippen molar-refractivity contribution in [3.63, 3.8) is 0 Å². The Morgan fingerprint density at radius 2 is 1.93 bits per heavy atom. The average Bonchev–Trinajstić information content (AvgIpc) is 3.04. The van der Waals surface area contributed by atoms with Crippen LogP contribution in [-0.2, 0) is 14.8 Å². The van der Waals surface area contributed by atoms with E-state index in [0.29, 0.717) is 29.3 Å². The van der Waals surface area contributed by atoms with Crippen molar-refractivity contribution in [1.29, 1.82) is 0 Å². The van der Waals surface area contributed by atoms with Crippen molar-refractivity contribution in [2.45, 2.75) is 42.0 Å². The molecule has 1 saturated carbocycles. The van der Waals surface area contributed by atoms with Gasteiger partial charge in [-0.05, 0) is 55.7 Å². The van der Waals surface area contributed by atoms with Crippen LogP contribution in [0.5, 0.6) is 0 Å². The van der Waals surface area contributed by atoms with Gasteiger partial charge in [0.15, 0.2) is 0 Å². The summed E-state index contributed by atoms with van der Waals surface area (Å²) in [5.41, 5.74) is 0.420. The summed E-state index contributed by atoms with van der Waals surface area (Å²) in [6.45, 7) is 0. The Balaban J connectivity index is 1.54. The summed E-state index contributed by atoms with van der Waals surface area (Å²) < 4.78 is 46.3. The standard InChI is InChI=1S/C17H18ClFN2O4S2/c18-15-8-9-16(26-15)27(23,24)21-13-2-1-3-14(10-13)25-17(22)20-12-6-4-11(19)5-7-12/h4-9,13-14,21H,1-3,10H2,(H,20,22). The summed E-state index contributed by atoms with van der Waals surface area (Å²) >= 11 is 6.80. The average molecular weight is 433 g/mol. The number of nitrogens with one attached hydrogen (secondary N) is 2. The van der Waals surface area contributed by atoms with Crippen LogP contribution in [0.3, 0.4) is 0 Å². The van der Waals surface area contributed by atoms with Crippen molar-refractivity contribution < 1.29 is 22.3 Å². The Hall–Kier alpha value is -1.68. The van der Waals surface area contributed by atoms with Gasteiger partial charge in [0.2, 0.25) is 10.0 Å². The fourth-order valence-corrected chi connectivity index (χ4v) is 5.69. The van der Waals surface area contributed by atoms with Crippen LogP contribution in [0.15, 0.2) is 40.6 Å². The lowest BCUT2D eigenvalue weighted by Gasteiger charge is -2.29. The van der Waals surface area contributed by atoms with Gasteiger partial charge in [-0.25, -0.2) is 22.3 Å². The SMILES string of the molecule is O=C(Nc1ccc(F)cc1)OC1CCCC(NS(=O)(=O)c2ccc(Cl)s2)C1.